The molecule has 1 aromatic rings. The van der Waals surface area contributed by atoms with E-state index in [0.29, 0.717) is 0 Å². The van der Waals surface area contributed by atoms with Gasteiger partial charge in [0.2, 0.25) is 0 Å². The van der Waals surface area contributed by atoms with Crippen LogP contribution < -0.4 is 10.5 Å². The monoisotopic (exact) mass is 236 g/mol. The molecule has 0 amide bonds. The molecule has 1 rings (SSSR count). The number of nitrogens with two attached hydrogens (primary N) is 1. The van der Waals surface area contributed by atoms with Crippen molar-refractivity contribution in [3.63, 3.8) is 0 Å². The molecule has 0 fully saturated rings. The molecule has 0 spiro atoms. The number of likely N-dealkylation sites (N-methyl/N-ethyl adjacent to an activating group) is 1. The van der Waals surface area contributed by atoms with Gasteiger partial charge in [-0.2, -0.15) is 0 Å². The Bertz CT molecular complexity index is 322. The third-order valence-electron chi connectivity index (χ3n) is 2.95. The number of nitrogens with zero attached hydrogens (tertiary/aromatic N) is 1. The minimum absolute atomic E-state index is 0.0568. The third kappa shape index (κ3) is 4.75. The lowest BCUT2D eigenvalue weighted by Crippen LogP contribution is -2.27. The predicted molar refractivity (Wildman–Crippen MR) is 72.3 cm³/mol. The number of benzene rings is 1. The third-order valence-corrected chi connectivity index (χ3v) is 2.95. The molecule has 1 atom stereocenters. The first-order chi connectivity index (χ1) is 8.17. The van der Waals surface area contributed by atoms with Crippen LogP contribution >= 0.6 is 0 Å². The summed E-state index contributed by atoms with van der Waals surface area (Å²) < 4.78 is 5.73. The first kappa shape index (κ1) is 14.0. The number of rotatable bonds is 7. The average Bonchev–Trinajstić information content (AvgIpc) is 2.35. The predicted octanol–water partition coefficient (Wildman–Crippen LogP) is 2.43. The topological polar surface area (TPSA) is 38.5 Å². The zero-order valence-electron chi connectivity index (χ0n) is 11.1. The summed E-state index contributed by atoms with van der Waals surface area (Å²) in [5.74, 6) is 0.909. The van der Waals surface area contributed by atoms with Gasteiger partial charge in [-0.25, -0.2) is 0 Å². The Hall–Kier alpha value is -1.06. The quantitative estimate of drug-likeness (QED) is 0.790. The van der Waals surface area contributed by atoms with E-state index in [1.54, 1.807) is 0 Å². The molecule has 0 heterocycles. The lowest BCUT2D eigenvalue weighted by Gasteiger charge is -2.18. The van der Waals surface area contributed by atoms with Crippen LogP contribution in [0.2, 0.25) is 0 Å². The van der Waals surface area contributed by atoms with Gasteiger partial charge in [0.15, 0.2) is 0 Å². The van der Waals surface area contributed by atoms with Gasteiger partial charge < -0.3 is 15.4 Å². The zero-order chi connectivity index (χ0) is 12.7. The van der Waals surface area contributed by atoms with Crippen molar-refractivity contribution in [2.45, 2.75) is 26.8 Å². The second-order valence-corrected chi connectivity index (χ2v) is 4.24. The van der Waals surface area contributed by atoms with Gasteiger partial charge in [-0.1, -0.05) is 26.0 Å². The highest BCUT2D eigenvalue weighted by Crippen LogP contribution is 2.17. The Labute approximate surface area is 105 Å². The molecule has 0 saturated heterocycles. The van der Waals surface area contributed by atoms with Crippen molar-refractivity contribution in [3.8, 4) is 5.75 Å². The maximum atomic E-state index is 5.84. The summed E-state index contributed by atoms with van der Waals surface area (Å²) in [7, 11) is 0. The van der Waals surface area contributed by atoms with Crippen molar-refractivity contribution >= 4 is 0 Å². The van der Waals surface area contributed by atoms with Crippen molar-refractivity contribution in [2.24, 2.45) is 5.73 Å². The van der Waals surface area contributed by atoms with Gasteiger partial charge in [0.05, 0.1) is 0 Å². The molecule has 96 valence electrons. The summed E-state index contributed by atoms with van der Waals surface area (Å²) in [5, 5.41) is 0. The van der Waals surface area contributed by atoms with Crippen molar-refractivity contribution in [3.05, 3.63) is 29.8 Å². The van der Waals surface area contributed by atoms with Gasteiger partial charge in [0.25, 0.3) is 0 Å². The highest BCUT2D eigenvalue weighted by Gasteiger charge is 2.02. The largest absolute Gasteiger partial charge is 0.492 e. The van der Waals surface area contributed by atoms with E-state index in [-0.39, 0.29) is 6.04 Å². The second kappa shape index (κ2) is 7.30. The first-order valence-corrected chi connectivity index (χ1v) is 6.38. The van der Waals surface area contributed by atoms with Gasteiger partial charge in [-0.3, -0.25) is 0 Å². The molecule has 17 heavy (non-hydrogen) atoms. The molecular formula is C14H24N2O. The second-order valence-electron chi connectivity index (χ2n) is 4.24. The highest BCUT2D eigenvalue weighted by atomic mass is 16.5. The summed E-state index contributed by atoms with van der Waals surface area (Å²) in [6, 6.07) is 8.08. The Kier molecular flexibility index (Phi) is 6.01. The molecule has 0 aliphatic rings. The van der Waals surface area contributed by atoms with Gasteiger partial charge >= 0.3 is 0 Å². The maximum Gasteiger partial charge on any atom is 0.119 e. The fraction of sp³-hybridized carbons (Fsp3) is 0.571. The summed E-state index contributed by atoms with van der Waals surface area (Å²) in [6.45, 7) is 10.1. The number of ether oxygens (including phenoxy) is 1. The Morgan fingerprint density at radius 3 is 2.59 bits per heavy atom. The van der Waals surface area contributed by atoms with Gasteiger partial charge in [-0.05, 0) is 37.7 Å². The normalized spacial score (nSPS) is 12.8. The molecule has 0 aromatic heterocycles. The van der Waals surface area contributed by atoms with Crippen LogP contribution in [0.25, 0.3) is 0 Å². The minimum atomic E-state index is 0.0568. The average molecular weight is 236 g/mol. The Morgan fingerprint density at radius 2 is 2.00 bits per heavy atom. The van der Waals surface area contributed by atoms with E-state index in [4.69, 9.17) is 10.5 Å². The molecule has 0 unspecified atom stereocenters. The SMILES string of the molecule is CCN(CC)CCOc1cccc([C@@H](C)N)c1. The summed E-state index contributed by atoms with van der Waals surface area (Å²) in [6.07, 6.45) is 0. The van der Waals surface area contributed by atoms with E-state index >= 15 is 0 Å². The number of hydrogen-bond donors (Lipinski definition) is 1. The van der Waals surface area contributed by atoms with Crippen molar-refractivity contribution in [1.82, 2.24) is 4.90 Å². The molecule has 0 aliphatic heterocycles. The molecule has 3 heteroatoms. The van der Waals surface area contributed by atoms with Crippen LogP contribution in [0.1, 0.15) is 32.4 Å². The first-order valence-electron chi connectivity index (χ1n) is 6.38. The minimum Gasteiger partial charge on any atom is -0.492 e. The summed E-state index contributed by atoms with van der Waals surface area (Å²) in [4.78, 5) is 2.34. The van der Waals surface area contributed by atoms with Crippen LogP contribution in [-0.4, -0.2) is 31.1 Å². The van der Waals surface area contributed by atoms with E-state index in [9.17, 15) is 0 Å². The smallest absolute Gasteiger partial charge is 0.119 e. The molecule has 0 bridgehead atoms. The van der Waals surface area contributed by atoms with Gasteiger partial charge in [0, 0.05) is 12.6 Å². The van der Waals surface area contributed by atoms with Crippen molar-refractivity contribution in [2.75, 3.05) is 26.2 Å². The molecule has 1 aromatic carbocycles. The van der Waals surface area contributed by atoms with Crippen LogP contribution in [0, 0.1) is 0 Å². The molecular weight excluding hydrogens is 212 g/mol. The Morgan fingerprint density at radius 1 is 1.29 bits per heavy atom. The highest BCUT2D eigenvalue weighted by molar-refractivity contribution is 5.30. The fourth-order valence-corrected chi connectivity index (χ4v) is 1.72. The van der Waals surface area contributed by atoms with E-state index in [0.717, 1.165) is 37.6 Å². The van der Waals surface area contributed by atoms with Crippen molar-refractivity contribution in [1.29, 1.82) is 0 Å². The van der Waals surface area contributed by atoms with Crippen LogP contribution in [-0.2, 0) is 0 Å². The molecule has 0 radical (unpaired) electrons. The van der Waals surface area contributed by atoms with Crippen LogP contribution in [0.3, 0.4) is 0 Å². The summed E-state index contributed by atoms with van der Waals surface area (Å²) in [5.41, 5.74) is 6.95. The van der Waals surface area contributed by atoms with E-state index < -0.39 is 0 Å². The lowest BCUT2D eigenvalue weighted by molar-refractivity contribution is 0.222. The van der Waals surface area contributed by atoms with E-state index in [1.807, 2.05) is 31.2 Å². The zero-order valence-corrected chi connectivity index (χ0v) is 11.1. The molecule has 3 nitrogen and oxygen atoms in total. The standard InChI is InChI=1S/C14H24N2O/c1-4-16(5-2)9-10-17-14-8-6-7-13(11-14)12(3)15/h6-8,11-12H,4-5,9-10,15H2,1-3H3/t12-/m1/s1. The van der Waals surface area contributed by atoms with E-state index in [2.05, 4.69) is 18.7 Å². The van der Waals surface area contributed by atoms with Crippen LogP contribution in [0.15, 0.2) is 24.3 Å². The number of hydrogen-bond acceptors (Lipinski definition) is 3. The van der Waals surface area contributed by atoms with Crippen molar-refractivity contribution < 1.29 is 4.74 Å². The van der Waals surface area contributed by atoms with Gasteiger partial charge in [0.1, 0.15) is 12.4 Å². The van der Waals surface area contributed by atoms with Gasteiger partial charge in [-0.15, -0.1) is 0 Å². The molecule has 0 aliphatic carbocycles. The lowest BCUT2D eigenvalue weighted by atomic mass is 10.1. The molecule has 2 N–H and O–H groups in total. The summed E-state index contributed by atoms with van der Waals surface area (Å²) >= 11 is 0. The fourth-order valence-electron chi connectivity index (χ4n) is 1.72. The van der Waals surface area contributed by atoms with E-state index in [1.165, 1.54) is 0 Å². The van der Waals surface area contributed by atoms with Crippen LogP contribution in [0.4, 0.5) is 0 Å². The van der Waals surface area contributed by atoms with Crippen LogP contribution in [0.5, 0.6) is 5.75 Å². The molecule has 0 saturated carbocycles. The maximum absolute atomic E-state index is 5.84. The Balaban J connectivity index is 2.43.